The SMILES string of the molecule is CCN1C(=O)N2Cc3cc(OC)cc(OC)c3[C@@H](C)C=C2C12CCN(Cc1cn(C)nc1C)CC2. The normalized spacial score (nSPS) is 21.6. The molecule has 3 aliphatic heterocycles. The Labute approximate surface area is 208 Å². The average Bonchev–Trinajstić information content (AvgIpc) is 3.19. The Hall–Kier alpha value is -3.00. The van der Waals surface area contributed by atoms with Crippen molar-refractivity contribution in [2.24, 2.45) is 7.05 Å². The van der Waals surface area contributed by atoms with Gasteiger partial charge in [-0.25, -0.2) is 4.79 Å². The van der Waals surface area contributed by atoms with Gasteiger partial charge in [-0.15, -0.1) is 0 Å². The van der Waals surface area contributed by atoms with Crippen LogP contribution in [0, 0.1) is 6.92 Å². The van der Waals surface area contributed by atoms with E-state index in [1.165, 1.54) is 5.56 Å². The number of carbonyl (C=O) groups is 1. The Balaban J connectivity index is 1.47. The maximum atomic E-state index is 13.8. The highest BCUT2D eigenvalue weighted by Gasteiger charge is 2.54. The molecule has 0 unspecified atom stereocenters. The third kappa shape index (κ3) is 3.78. The third-order valence-electron chi connectivity index (χ3n) is 8.10. The predicted octanol–water partition coefficient (Wildman–Crippen LogP) is 4.04. The van der Waals surface area contributed by atoms with E-state index in [2.05, 4.69) is 54.0 Å². The van der Waals surface area contributed by atoms with Gasteiger partial charge in [0.05, 0.1) is 32.0 Å². The minimum Gasteiger partial charge on any atom is -0.497 e. The van der Waals surface area contributed by atoms with Crippen molar-refractivity contribution in [1.82, 2.24) is 24.5 Å². The molecule has 0 bridgehead atoms. The van der Waals surface area contributed by atoms with E-state index in [9.17, 15) is 4.79 Å². The molecule has 0 N–H and O–H groups in total. The highest BCUT2D eigenvalue weighted by molar-refractivity contribution is 5.83. The highest BCUT2D eigenvalue weighted by atomic mass is 16.5. The van der Waals surface area contributed by atoms with Gasteiger partial charge in [0, 0.05) is 68.2 Å². The van der Waals surface area contributed by atoms with Gasteiger partial charge >= 0.3 is 6.03 Å². The lowest BCUT2D eigenvalue weighted by Gasteiger charge is -2.44. The number of likely N-dealkylation sites (tertiary alicyclic amines) is 1. The van der Waals surface area contributed by atoms with Gasteiger partial charge in [-0.05, 0) is 38.3 Å². The molecule has 35 heavy (non-hydrogen) atoms. The fourth-order valence-electron chi connectivity index (χ4n) is 6.39. The number of nitrogens with zero attached hydrogens (tertiary/aromatic N) is 5. The van der Waals surface area contributed by atoms with Gasteiger partial charge in [0.2, 0.25) is 0 Å². The summed E-state index contributed by atoms with van der Waals surface area (Å²) in [5, 5.41) is 4.50. The summed E-state index contributed by atoms with van der Waals surface area (Å²) in [4.78, 5) is 20.4. The summed E-state index contributed by atoms with van der Waals surface area (Å²) in [5.41, 5.74) is 5.49. The van der Waals surface area contributed by atoms with Crippen LogP contribution in [0.4, 0.5) is 4.79 Å². The number of rotatable bonds is 5. The van der Waals surface area contributed by atoms with E-state index in [1.807, 2.05) is 22.7 Å². The number of ether oxygens (including phenoxy) is 2. The van der Waals surface area contributed by atoms with E-state index in [-0.39, 0.29) is 17.5 Å². The fourth-order valence-corrected chi connectivity index (χ4v) is 6.39. The number of fused-ring (bicyclic) bond motifs is 3. The number of aryl methyl sites for hydroxylation is 2. The highest BCUT2D eigenvalue weighted by Crippen LogP contribution is 2.49. The van der Waals surface area contributed by atoms with Crippen molar-refractivity contribution in [2.75, 3.05) is 33.9 Å². The van der Waals surface area contributed by atoms with Crippen LogP contribution in [0.15, 0.2) is 30.1 Å². The monoisotopic (exact) mass is 479 g/mol. The van der Waals surface area contributed by atoms with Crippen LogP contribution in [0.3, 0.4) is 0 Å². The van der Waals surface area contributed by atoms with Crippen molar-refractivity contribution >= 4 is 6.03 Å². The molecule has 4 heterocycles. The van der Waals surface area contributed by atoms with Gasteiger partial charge in [0.15, 0.2) is 0 Å². The Bertz CT molecular complexity index is 1160. The third-order valence-corrected chi connectivity index (χ3v) is 8.10. The number of piperidine rings is 1. The molecule has 188 valence electrons. The lowest BCUT2D eigenvalue weighted by atomic mass is 9.82. The molecule has 0 saturated carbocycles. The zero-order chi connectivity index (χ0) is 24.9. The predicted molar refractivity (Wildman–Crippen MR) is 135 cm³/mol. The number of hydrogen-bond acceptors (Lipinski definition) is 5. The molecule has 8 heteroatoms. The molecule has 2 fully saturated rings. The van der Waals surface area contributed by atoms with Crippen molar-refractivity contribution in [2.45, 2.75) is 58.2 Å². The van der Waals surface area contributed by atoms with Crippen molar-refractivity contribution in [3.05, 3.63) is 52.5 Å². The molecule has 5 rings (SSSR count). The average molecular weight is 480 g/mol. The molecule has 1 aromatic carbocycles. The lowest BCUT2D eigenvalue weighted by molar-refractivity contribution is 0.0887. The number of benzene rings is 1. The first-order valence-corrected chi connectivity index (χ1v) is 12.6. The summed E-state index contributed by atoms with van der Waals surface area (Å²) in [6.45, 7) is 10.4. The molecular weight excluding hydrogens is 442 g/mol. The maximum Gasteiger partial charge on any atom is 0.325 e. The van der Waals surface area contributed by atoms with Gasteiger partial charge in [-0.2, -0.15) is 5.10 Å². The van der Waals surface area contributed by atoms with Crippen LogP contribution in [0.2, 0.25) is 0 Å². The minimum atomic E-state index is -0.264. The van der Waals surface area contributed by atoms with Gasteiger partial charge in [-0.3, -0.25) is 14.5 Å². The van der Waals surface area contributed by atoms with Crippen LogP contribution in [-0.4, -0.2) is 69.9 Å². The standard InChI is InChI=1S/C27H37N5O3/c1-7-32-26(33)31-17-20-13-22(34-5)14-23(35-6)25(20)18(2)12-24(31)27(32)8-10-30(11-9-27)16-21-15-29(4)28-19(21)3/h12-15,18H,7-11,16-17H2,1-6H3/t18-/m0/s1. The topological polar surface area (TPSA) is 63.1 Å². The summed E-state index contributed by atoms with van der Waals surface area (Å²) in [7, 11) is 5.34. The molecule has 0 aliphatic carbocycles. The Kier molecular flexibility index (Phi) is 6.03. The maximum absolute atomic E-state index is 13.8. The lowest BCUT2D eigenvalue weighted by Crippen LogP contribution is -2.53. The van der Waals surface area contributed by atoms with Gasteiger partial charge in [0.25, 0.3) is 0 Å². The minimum absolute atomic E-state index is 0.108. The molecule has 2 aromatic rings. The quantitative estimate of drug-likeness (QED) is 0.648. The molecule has 1 aromatic heterocycles. The smallest absolute Gasteiger partial charge is 0.325 e. The van der Waals surface area contributed by atoms with Crippen LogP contribution in [0.25, 0.3) is 0 Å². The number of amides is 2. The van der Waals surface area contributed by atoms with Crippen LogP contribution < -0.4 is 9.47 Å². The first-order chi connectivity index (χ1) is 16.8. The first kappa shape index (κ1) is 23.7. The molecule has 0 radical (unpaired) electrons. The zero-order valence-corrected chi connectivity index (χ0v) is 21.8. The van der Waals surface area contributed by atoms with Crippen molar-refractivity contribution in [1.29, 1.82) is 0 Å². The van der Waals surface area contributed by atoms with E-state index < -0.39 is 0 Å². The number of aromatic nitrogens is 2. The second-order valence-electron chi connectivity index (χ2n) is 10.1. The van der Waals surface area contributed by atoms with Crippen LogP contribution >= 0.6 is 0 Å². The summed E-state index contributed by atoms with van der Waals surface area (Å²) in [6, 6.07) is 4.11. The van der Waals surface area contributed by atoms with Crippen LogP contribution in [0.5, 0.6) is 11.5 Å². The second kappa shape index (κ2) is 8.90. The molecule has 3 aliphatic rings. The van der Waals surface area contributed by atoms with E-state index in [0.29, 0.717) is 13.1 Å². The number of urea groups is 1. The first-order valence-electron chi connectivity index (χ1n) is 12.6. The summed E-state index contributed by atoms with van der Waals surface area (Å²) >= 11 is 0. The summed E-state index contributed by atoms with van der Waals surface area (Å²) in [6.07, 6.45) is 6.29. The van der Waals surface area contributed by atoms with E-state index in [0.717, 1.165) is 66.5 Å². The summed E-state index contributed by atoms with van der Waals surface area (Å²) in [5.74, 6) is 1.70. The molecular formula is C27H37N5O3. The number of hydrogen-bond donors (Lipinski definition) is 0. The number of allylic oxidation sites excluding steroid dienone is 1. The fraction of sp³-hybridized carbons (Fsp3) is 0.556. The van der Waals surface area contributed by atoms with Crippen molar-refractivity contribution < 1.29 is 14.3 Å². The number of carbonyl (C=O) groups excluding carboxylic acids is 1. The molecule has 2 amide bonds. The Morgan fingerprint density at radius 3 is 2.51 bits per heavy atom. The zero-order valence-electron chi connectivity index (χ0n) is 21.8. The molecule has 8 nitrogen and oxygen atoms in total. The molecule has 1 spiro atoms. The van der Waals surface area contributed by atoms with Gasteiger partial charge in [-0.1, -0.05) is 13.0 Å². The largest absolute Gasteiger partial charge is 0.497 e. The van der Waals surface area contributed by atoms with E-state index in [4.69, 9.17) is 9.47 Å². The molecule has 2 saturated heterocycles. The molecule has 1 atom stereocenters. The van der Waals surface area contributed by atoms with Gasteiger partial charge in [0.1, 0.15) is 11.5 Å². The summed E-state index contributed by atoms with van der Waals surface area (Å²) < 4.78 is 13.2. The van der Waals surface area contributed by atoms with E-state index in [1.54, 1.807) is 14.2 Å². The Morgan fingerprint density at radius 1 is 1.17 bits per heavy atom. The van der Waals surface area contributed by atoms with E-state index >= 15 is 0 Å². The van der Waals surface area contributed by atoms with Gasteiger partial charge < -0.3 is 14.4 Å². The van der Waals surface area contributed by atoms with Crippen LogP contribution in [-0.2, 0) is 20.1 Å². The van der Waals surface area contributed by atoms with Crippen molar-refractivity contribution in [3.8, 4) is 11.5 Å². The number of methoxy groups -OCH3 is 2. The number of likely N-dealkylation sites (N-methyl/N-ethyl adjacent to an activating group) is 1. The second-order valence-corrected chi connectivity index (χ2v) is 10.1. The Morgan fingerprint density at radius 2 is 1.91 bits per heavy atom. The van der Waals surface area contributed by atoms with Crippen molar-refractivity contribution in [3.63, 3.8) is 0 Å². The van der Waals surface area contributed by atoms with Crippen LogP contribution in [0.1, 0.15) is 55.0 Å².